The average Bonchev–Trinajstić information content (AvgIpc) is 3.03. The molecule has 1 aromatic carbocycles. The second-order valence-corrected chi connectivity index (χ2v) is 11.5. The summed E-state index contributed by atoms with van der Waals surface area (Å²) in [5.74, 6) is -1.30. The summed E-state index contributed by atoms with van der Waals surface area (Å²) in [5.41, 5.74) is 0.914. The van der Waals surface area contributed by atoms with Crippen molar-refractivity contribution in [2.24, 2.45) is 0 Å². The van der Waals surface area contributed by atoms with E-state index >= 15 is 0 Å². The molecule has 1 saturated heterocycles. The summed E-state index contributed by atoms with van der Waals surface area (Å²) >= 11 is 0. The first-order chi connectivity index (χ1) is 21.9. The van der Waals surface area contributed by atoms with Crippen LogP contribution < -0.4 is 10.0 Å². The number of aromatic nitrogens is 3. The van der Waals surface area contributed by atoms with Crippen LogP contribution in [-0.4, -0.2) is 88.3 Å². The molecule has 1 fully saturated rings. The molecule has 244 valence electrons. The predicted molar refractivity (Wildman–Crippen MR) is 164 cm³/mol. The Kier molecular flexibility index (Phi) is 11.2. The normalized spacial score (nSPS) is 14.2. The number of nitrogens with zero attached hydrogens (tertiary/aromatic N) is 5. The molecule has 0 aliphatic carbocycles. The Balaban J connectivity index is 1.57. The van der Waals surface area contributed by atoms with E-state index < -0.39 is 35.6 Å². The van der Waals surface area contributed by atoms with E-state index in [9.17, 15) is 24.4 Å². The second-order valence-electron chi connectivity index (χ2n) is 11.5. The maximum Gasteiger partial charge on any atom is 0.527 e. The number of rotatable bonds is 10. The fraction of sp³-hybridized carbons (Fsp3) is 0.406. The molecule has 0 bridgehead atoms. The van der Waals surface area contributed by atoms with Crippen LogP contribution in [0.3, 0.4) is 0 Å². The van der Waals surface area contributed by atoms with Gasteiger partial charge in [0.25, 0.3) is 5.91 Å². The van der Waals surface area contributed by atoms with E-state index in [4.69, 9.17) is 14.3 Å². The third-order valence-electron chi connectivity index (χ3n) is 6.77. The second kappa shape index (κ2) is 15.3. The number of amides is 2. The van der Waals surface area contributed by atoms with Gasteiger partial charge in [0, 0.05) is 42.8 Å². The van der Waals surface area contributed by atoms with Crippen LogP contribution in [0, 0.1) is 5.21 Å². The van der Waals surface area contributed by atoms with Gasteiger partial charge in [-0.1, -0.05) is 30.3 Å². The SMILES string of the molecule is CCOC(=O)ON1CCN(C(=O)[C@H](CCC(=O)OC(C)(C)C)NC(=O)c2cc(-c3cc[n+]([O-])cc3)nc(-c3ccccc3)n2)CC1. The number of nitrogens with one attached hydrogen (secondary N) is 1. The summed E-state index contributed by atoms with van der Waals surface area (Å²) in [7, 11) is 0. The Labute approximate surface area is 266 Å². The van der Waals surface area contributed by atoms with Crippen LogP contribution in [0.5, 0.6) is 0 Å². The summed E-state index contributed by atoms with van der Waals surface area (Å²) in [4.78, 5) is 67.6. The Hall–Kier alpha value is -5.11. The first kappa shape index (κ1) is 33.8. The van der Waals surface area contributed by atoms with Crippen LogP contribution in [0.25, 0.3) is 22.6 Å². The van der Waals surface area contributed by atoms with E-state index in [0.29, 0.717) is 21.6 Å². The van der Waals surface area contributed by atoms with Crippen molar-refractivity contribution in [3.8, 4) is 22.6 Å². The zero-order valence-corrected chi connectivity index (χ0v) is 26.3. The minimum absolute atomic E-state index is 0.00886. The van der Waals surface area contributed by atoms with Crippen molar-refractivity contribution in [2.75, 3.05) is 32.8 Å². The summed E-state index contributed by atoms with van der Waals surface area (Å²) in [6.45, 7) is 7.94. The van der Waals surface area contributed by atoms with Gasteiger partial charge in [-0.3, -0.25) is 14.4 Å². The first-order valence-corrected chi connectivity index (χ1v) is 15.0. The molecular weight excluding hydrogens is 596 g/mol. The number of carbonyl (C=O) groups excluding carboxylic acids is 4. The van der Waals surface area contributed by atoms with Crippen molar-refractivity contribution in [1.82, 2.24) is 25.2 Å². The van der Waals surface area contributed by atoms with Crippen molar-refractivity contribution in [3.05, 3.63) is 71.8 Å². The fourth-order valence-electron chi connectivity index (χ4n) is 4.63. The Morgan fingerprint density at radius 3 is 2.28 bits per heavy atom. The zero-order valence-electron chi connectivity index (χ0n) is 26.3. The number of ether oxygens (including phenoxy) is 2. The third kappa shape index (κ3) is 9.69. The monoisotopic (exact) mass is 634 g/mol. The highest BCUT2D eigenvalue weighted by Gasteiger charge is 2.31. The standard InChI is InChI=1S/C32H38N6O8/c1-5-44-31(42)46-38-19-17-36(18-20-38)30(41)24(11-12-27(39)45-32(2,3)4)35-29(40)26-21-25(22-13-15-37(43)16-14-22)33-28(34-26)23-9-7-6-8-10-23/h6-10,13-16,21,24H,5,11-12,17-20H2,1-4H3,(H,35,40)/t24-/m0/s1. The van der Waals surface area contributed by atoms with Crippen molar-refractivity contribution in [2.45, 2.75) is 52.2 Å². The van der Waals surface area contributed by atoms with Gasteiger partial charge in [0.1, 0.15) is 17.3 Å². The molecule has 3 aromatic rings. The molecule has 1 aliphatic rings. The lowest BCUT2D eigenvalue weighted by Crippen LogP contribution is -2.55. The van der Waals surface area contributed by atoms with E-state index in [1.54, 1.807) is 52.0 Å². The largest absolute Gasteiger partial charge is 0.619 e. The molecule has 1 aliphatic heterocycles. The molecule has 1 atom stereocenters. The Morgan fingerprint density at radius 2 is 1.65 bits per heavy atom. The van der Waals surface area contributed by atoms with Crippen LogP contribution in [0.4, 0.5) is 4.79 Å². The molecule has 1 N–H and O–H groups in total. The van der Waals surface area contributed by atoms with Gasteiger partial charge in [0.2, 0.25) is 5.91 Å². The summed E-state index contributed by atoms with van der Waals surface area (Å²) in [6.07, 6.45) is 1.67. The number of piperazine rings is 1. The van der Waals surface area contributed by atoms with Gasteiger partial charge in [0.15, 0.2) is 18.2 Å². The molecule has 0 radical (unpaired) electrons. The molecular formula is C32H38N6O8. The number of hydroxylamine groups is 2. The van der Waals surface area contributed by atoms with E-state index in [0.717, 1.165) is 0 Å². The molecule has 14 nitrogen and oxygen atoms in total. The minimum atomic E-state index is -1.09. The maximum atomic E-state index is 13.7. The van der Waals surface area contributed by atoms with Gasteiger partial charge >= 0.3 is 12.1 Å². The molecule has 4 rings (SSSR count). The Morgan fingerprint density at radius 1 is 0.978 bits per heavy atom. The lowest BCUT2D eigenvalue weighted by atomic mass is 10.1. The quantitative estimate of drug-likeness (QED) is 0.198. The average molecular weight is 635 g/mol. The number of benzene rings is 1. The molecule has 0 unspecified atom stereocenters. The highest BCUT2D eigenvalue weighted by Crippen LogP contribution is 2.22. The number of pyridine rings is 1. The van der Waals surface area contributed by atoms with Crippen molar-refractivity contribution in [1.29, 1.82) is 0 Å². The van der Waals surface area contributed by atoms with Gasteiger partial charge in [0.05, 0.1) is 25.4 Å². The van der Waals surface area contributed by atoms with Gasteiger partial charge in [-0.15, -0.1) is 5.06 Å². The van der Waals surface area contributed by atoms with Crippen LogP contribution in [-0.2, 0) is 23.9 Å². The molecule has 46 heavy (non-hydrogen) atoms. The van der Waals surface area contributed by atoms with Crippen LogP contribution in [0.15, 0.2) is 60.9 Å². The third-order valence-corrected chi connectivity index (χ3v) is 6.77. The van der Waals surface area contributed by atoms with Gasteiger partial charge in [-0.25, -0.2) is 14.8 Å². The molecule has 14 heteroatoms. The lowest BCUT2D eigenvalue weighted by Gasteiger charge is -2.35. The summed E-state index contributed by atoms with van der Waals surface area (Å²) in [6, 6.07) is 12.6. The van der Waals surface area contributed by atoms with E-state index in [2.05, 4.69) is 15.3 Å². The zero-order chi connectivity index (χ0) is 33.3. The van der Waals surface area contributed by atoms with Crippen LogP contribution in [0.2, 0.25) is 0 Å². The minimum Gasteiger partial charge on any atom is -0.619 e. The molecule has 0 spiro atoms. The summed E-state index contributed by atoms with van der Waals surface area (Å²) in [5, 5.41) is 15.8. The molecule has 0 saturated carbocycles. The van der Waals surface area contributed by atoms with E-state index in [-0.39, 0.29) is 57.1 Å². The summed E-state index contributed by atoms with van der Waals surface area (Å²) < 4.78 is 10.9. The smallest absolute Gasteiger partial charge is 0.527 e. The topological polar surface area (TPSA) is 167 Å². The van der Waals surface area contributed by atoms with Gasteiger partial charge < -0.3 is 29.7 Å². The van der Waals surface area contributed by atoms with Crippen molar-refractivity contribution in [3.63, 3.8) is 0 Å². The van der Waals surface area contributed by atoms with E-state index in [1.807, 2.05) is 18.2 Å². The van der Waals surface area contributed by atoms with Crippen molar-refractivity contribution < 1.29 is 38.2 Å². The maximum absolute atomic E-state index is 13.7. The number of hydrogen-bond acceptors (Lipinski definition) is 11. The van der Waals surface area contributed by atoms with Gasteiger partial charge in [-0.2, -0.15) is 4.73 Å². The number of esters is 1. The fourth-order valence-corrected chi connectivity index (χ4v) is 4.63. The van der Waals surface area contributed by atoms with E-state index in [1.165, 1.54) is 28.4 Å². The molecule has 2 aromatic heterocycles. The lowest BCUT2D eigenvalue weighted by molar-refractivity contribution is -0.605. The highest BCUT2D eigenvalue weighted by molar-refractivity contribution is 5.97. The molecule has 2 amide bonds. The van der Waals surface area contributed by atoms with Gasteiger partial charge in [-0.05, 0) is 40.2 Å². The van der Waals surface area contributed by atoms with Crippen LogP contribution >= 0.6 is 0 Å². The highest BCUT2D eigenvalue weighted by atomic mass is 16.8. The molecule has 3 heterocycles. The number of carbonyl (C=O) groups is 4. The predicted octanol–water partition coefficient (Wildman–Crippen LogP) is 2.90. The first-order valence-electron chi connectivity index (χ1n) is 15.0. The number of hydrogen-bond donors (Lipinski definition) is 1. The van der Waals surface area contributed by atoms with Crippen LogP contribution in [0.1, 0.15) is 51.0 Å². The Bertz CT molecular complexity index is 1520. The van der Waals surface area contributed by atoms with Crippen molar-refractivity contribution >= 4 is 23.9 Å².